The number of likely N-dealkylation sites (tertiary alicyclic amines) is 1. The third-order valence-electron chi connectivity index (χ3n) is 5.22. The Hall–Kier alpha value is -3.40. The molecule has 1 aliphatic heterocycles. The number of carbonyl (C=O) groups is 1. The van der Waals surface area contributed by atoms with E-state index >= 15 is 0 Å². The van der Waals surface area contributed by atoms with Gasteiger partial charge in [-0.1, -0.05) is 6.07 Å². The molecule has 3 aromatic rings. The first-order chi connectivity index (χ1) is 15.6. The number of hydrogen-bond donors (Lipinski definition) is 1. The first kappa shape index (κ1) is 24.2. The lowest BCUT2D eigenvalue weighted by atomic mass is 10.1. The van der Waals surface area contributed by atoms with Gasteiger partial charge in [-0.2, -0.15) is 0 Å². The van der Waals surface area contributed by atoms with Crippen molar-refractivity contribution >= 4 is 28.8 Å². The molecule has 0 radical (unpaired) electrons. The minimum absolute atomic E-state index is 0.272. The molecule has 33 heavy (non-hydrogen) atoms. The van der Waals surface area contributed by atoms with E-state index in [-0.39, 0.29) is 5.75 Å². The van der Waals surface area contributed by atoms with Crippen molar-refractivity contribution in [3.05, 3.63) is 54.4 Å². The molecule has 1 atom stereocenters. The smallest absolute Gasteiger partial charge is 0.406 e. The zero-order valence-electron chi connectivity index (χ0n) is 18.6. The Labute approximate surface area is 190 Å². The maximum Gasteiger partial charge on any atom is 0.573 e. The Morgan fingerprint density at radius 3 is 2.45 bits per heavy atom. The zero-order chi connectivity index (χ0) is 24.0. The lowest BCUT2D eigenvalue weighted by Crippen LogP contribution is -2.30. The largest absolute Gasteiger partial charge is 0.573 e. The van der Waals surface area contributed by atoms with Gasteiger partial charge in [0.15, 0.2) is 0 Å². The molecule has 4 rings (SSSR count). The summed E-state index contributed by atoms with van der Waals surface area (Å²) in [5, 5.41) is 3.90. The Morgan fingerprint density at radius 1 is 1.15 bits per heavy atom. The first-order valence-corrected chi connectivity index (χ1v) is 10.3. The van der Waals surface area contributed by atoms with Crippen LogP contribution in [0.4, 0.5) is 24.7 Å². The molecule has 1 aromatic heterocycles. The van der Waals surface area contributed by atoms with Crippen LogP contribution in [0.15, 0.2) is 48.8 Å². The summed E-state index contributed by atoms with van der Waals surface area (Å²) >= 11 is 0. The van der Waals surface area contributed by atoms with E-state index in [1.54, 1.807) is 0 Å². The SMILES string of the molecule is CN(C)C1CCN(C=O)C1.Cc1ccc2c(Nc3ccc(OC(F)(F)F)cc3)ncnc2c1. The van der Waals surface area contributed by atoms with Crippen molar-refractivity contribution in [2.24, 2.45) is 0 Å². The zero-order valence-corrected chi connectivity index (χ0v) is 18.6. The molecule has 1 amide bonds. The molecular formula is C23H26F3N5O2. The second-order valence-corrected chi connectivity index (χ2v) is 7.95. The Kier molecular flexibility index (Phi) is 7.70. The van der Waals surface area contributed by atoms with Gasteiger partial charge in [-0.3, -0.25) is 4.79 Å². The van der Waals surface area contributed by atoms with Gasteiger partial charge in [-0.15, -0.1) is 13.2 Å². The summed E-state index contributed by atoms with van der Waals surface area (Å²) in [6.07, 6.45) is -1.21. The standard InChI is InChI=1S/C16H12F3N3O.C7H14N2O/c1-10-2-7-13-14(8-10)20-9-21-15(13)22-11-3-5-12(6-4-11)23-16(17,18)19;1-8(2)7-3-4-9(5-7)6-10/h2-9H,1H3,(H,20,21,22);6-7H,3-5H2,1-2H3. The minimum Gasteiger partial charge on any atom is -0.406 e. The van der Waals surface area contributed by atoms with E-state index in [1.807, 2.05) is 30.0 Å². The number of hydrogen-bond acceptors (Lipinski definition) is 6. The van der Waals surface area contributed by atoms with E-state index < -0.39 is 6.36 Å². The highest BCUT2D eigenvalue weighted by Gasteiger charge is 2.31. The van der Waals surface area contributed by atoms with Gasteiger partial charge < -0.3 is 19.9 Å². The van der Waals surface area contributed by atoms with Crippen molar-refractivity contribution < 1.29 is 22.7 Å². The summed E-state index contributed by atoms with van der Waals surface area (Å²) in [6.45, 7) is 3.79. The number of aryl methyl sites for hydroxylation is 1. The van der Waals surface area contributed by atoms with Crippen molar-refractivity contribution in [1.29, 1.82) is 0 Å². The van der Waals surface area contributed by atoms with Crippen LogP contribution in [0.2, 0.25) is 0 Å². The first-order valence-electron chi connectivity index (χ1n) is 10.3. The maximum absolute atomic E-state index is 12.1. The summed E-state index contributed by atoms with van der Waals surface area (Å²) in [5.74, 6) is 0.311. The molecule has 2 heterocycles. The lowest BCUT2D eigenvalue weighted by molar-refractivity contribution is -0.274. The number of benzene rings is 2. The van der Waals surface area contributed by atoms with Crippen LogP contribution in [0.25, 0.3) is 10.9 Å². The average Bonchev–Trinajstić information content (AvgIpc) is 3.24. The number of fused-ring (bicyclic) bond motifs is 1. The number of rotatable bonds is 5. The van der Waals surface area contributed by atoms with Crippen molar-refractivity contribution in [1.82, 2.24) is 19.8 Å². The Bertz CT molecular complexity index is 1070. The molecule has 1 fully saturated rings. The van der Waals surface area contributed by atoms with E-state index in [2.05, 4.69) is 39.0 Å². The second kappa shape index (κ2) is 10.5. The van der Waals surface area contributed by atoms with Crippen LogP contribution >= 0.6 is 0 Å². The molecule has 0 bridgehead atoms. The maximum atomic E-state index is 12.1. The number of nitrogens with one attached hydrogen (secondary N) is 1. The molecular weight excluding hydrogens is 435 g/mol. The fraction of sp³-hybridized carbons (Fsp3) is 0.348. The highest BCUT2D eigenvalue weighted by Crippen LogP contribution is 2.27. The molecule has 10 heteroatoms. The topological polar surface area (TPSA) is 70.6 Å². The van der Waals surface area contributed by atoms with Gasteiger partial charge in [0.25, 0.3) is 0 Å². The van der Waals surface area contributed by atoms with Crippen LogP contribution in [-0.2, 0) is 4.79 Å². The van der Waals surface area contributed by atoms with E-state index in [4.69, 9.17) is 0 Å². The third-order valence-corrected chi connectivity index (χ3v) is 5.22. The number of carbonyl (C=O) groups excluding carboxylic acids is 1. The van der Waals surface area contributed by atoms with Gasteiger partial charge in [-0.05, 0) is 69.4 Å². The number of likely N-dealkylation sites (N-methyl/N-ethyl adjacent to an activating group) is 1. The quantitative estimate of drug-likeness (QED) is 0.570. The van der Waals surface area contributed by atoms with E-state index in [1.165, 1.54) is 30.6 Å². The number of aromatic nitrogens is 2. The van der Waals surface area contributed by atoms with Crippen LogP contribution in [0.1, 0.15) is 12.0 Å². The Balaban J connectivity index is 0.000000257. The second-order valence-electron chi connectivity index (χ2n) is 7.95. The summed E-state index contributed by atoms with van der Waals surface area (Å²) in [6, 6.07) is 11.8. The lowest BCUT2D eigenvalue weighted by Gasteiger charge is -2.17. The summed E-state index contributed by atoms with van der Waals surface area (Å²) in [7, 11) is 4.11. The average molecular weight is 461 g/mol. The summed E-state index contributed by atoms with van der Waals surface area (Å²) in [5.41, 5.74) is 2.47. The molecule has 0 spiro atoms. The summed E-state index contributed by atoms with van der Waals surface area (Å²) < 4.78 is 40.3. The van der Waals surface area contributed by atoms with Crippen molar-refractivity contribution in [2.75, 3.05) is 32.5 Å². The third kappa shape index (κ3) is 7.04. The number of nitrogens with zero attached hydrogens (tertiary/aromatic N) is 4. The fourth-order valence-electron chi connectivity index (χ4n) is 3.43. The van der Waals surface area contributed by atoms with Gasteiger partial charge in [0.2, 0.25) is 6.41 Å². The predicted octanol–water partition coefficient (Wildman–Crippen LogP) is 4.36. The Morgan fingerprint density at radius 2 is 1.88 bits per heavy atom. The number of anilines is 2. The number of alkyl halides is 3. The molecule has 2 aromatic carbocycles. The molecule has 1 unspecified atom stereocenters. The van der Waals surface area contributed by atoms with Crippen molar-refractivity contribution in [2.45, 2.75) is 25.7 Å². The molecule has 1 N–H and O–H groups in total. The van der Waals surface area contributed by atoms with Crippen LogP contribution in [0, 0.1) is 6.92 Å². The van der Waals surface area contributed by atoms with Crippen LogP contribution in [0.3, 0.4) is 0 Å². The molecule has 7 nitrogen and oxygen atoms in total. The predicted molar refractivity (Wildman–Crippen MR) is 120 cm³/mol. The molecule has 1 saturated heterocycles. The number of amides is 1. The van der Waals surface area contributed by atoms with Gasteiger partial charge >= 0.3 is 6.36 Å². The van der Waals surface area contributed by atoms with Gasteiger partial charge in [0, 0.05) is 30.2 Å². The van der Waals surface area contributed by atoms with Crippen molar-refractivity contribution in [3.63, 3.8) is 0 Å². The molecule has 0 saturated carbocycles. The minimum atomic E-state index is -4.70. The normalized spacial score (nSPS) is 15.8. The highest BCUT2D eigenvalue weighted by atomic mass is 19.4. The van der Waals surface area contributed by atoms with Crippen LogP contribution < -0.4 is 10.1 Å². The van der Waals surface area contributed by atoms with E-state index in [0.717, 1.165) is 42.4 Å². The van der Waals surface area contributed by atoms with Crippen LogP contribution in [0.5, 0.6) is 5.75 Å². The van der Waals surface area contributed by atoms with Crippen molar-refractivity contribution in [3.8, 4) is 5.75 Å². The molecule has 176 valence electrons. The number of halogens is 3. The van der Waals surface area contributed by atoms with Gasteiger partial charge in [0.1, 0.15) is 17.9 Å². The highest BCUT2D eigenvalue weighted by molar-refractivity contribution is 5.90. The van der Waals surface area contributed by atoms with Gasteiger partial charge in [-0.25, -0.2) is 9.97 Å². The van der Waals surface area contributed by atoms with E-state index in [0.29, 0.717) is 17.5 Å². The van der Waals surface area contributed by atoms with Crippen LogP contribution in [-0.4, -0.2) is 65.8 Å². The monoisotopic (exact) mass is 461 g/mol. The fourth-order valence-corrected chi connectivity index (χ4v) is 3.43. The van der Waals surface area contributed by atoms with E-state index in [9.17, 15) is 18.0 Å². The molecule has 1 aliphatic rings. The molecule has 0 aliphatic carbocycles. The number of ether oxygens (including phenoxy) is 1. The summed E-state index contributed by atoms with van der Waals surface area (Å²) in [4.78, 5) is 22.7. The van der Waals surface area contributed by atoms with Gasteiger partial charge in [0.05, 0.1) is 5.52 Å².